The predicted molar refractivity (Wildman–Crippen MR) is 117 cm³/mol. The van der Waals surface area contributed by atoms with Crippen LogP contribution < -0.4 is 10.1 Å². The number of fused-ring (bicyclic) bond motifs is 1. The minimum Gasteiger partial charge on any atom is -0.438 e. The molecule has 148 valence electrons. The molecule has 4 rings (SSSR count). The minimum absolute atomic E-state index is 0.462. The Hall–Kier alpha value is -3.55. The molecule has 1 aliphatic rings. The van der Waals surface area contributed by atoms with Crippen LogP contribution in [0.15, 0.2) is 36.4 Å². The summed E-state index contributed by atoms with van der Waals surface area (Å²) < 4.78 is 6.30. The molecule has 3 aromatic rings. The fraction of sp³-hybridized carbons (Fsp3) is 0.217. The number of hydrogen-bond acceptors (Lipinski definition) is 7. The maximum Gasteiger partial charge on any atom is 0.230 e. The number of ether oxygens (including phenoxy) is 1. The molecule has 2 aromatic carbocycles. The summed E-state index contributed by atoms with van der Waals surface area (Å²) in [6, 6.07) is 15.1. The number of hydrogen-bond donors (Lipinski definition) is 1. The summed E-state index contributed by atoms with van der Waals surface area (Å²) in [7, 11) is 0. The van der Waals surface area contributed by atoms with Crippen LogP contribution in [0.4, 0.5) is 11.6 Å². The average molecular weight is 414 g/mol. The molecule has 0 radical (unpaired) electrons. The lowest BCUT2D eigenvalue weighted by Crippen LogP contribution is -2.11. The highest BCUT2D eigenvalue weighted by Gasteiger charge is 2.21. The third-order valence-corrected chi connectivity index (χ3v) is 5.83. The van der Waals surface area contributed by atoms with Crippen molar-refractivity contribution < 1.29 is 4.74 Å². The van der Waals surface area contributed by atoms with Crippen LogP contribution >= 0.6 is 11.8 Å². The minimum atomic E-state index is 0.462. The molecule has 1 aliphatic heterocycles. The van der Waals surface area contributed by atoms with Gasteiger partial charge in [0.25, 0.3) is 0 Å². The first-order valence-electron chi connectivity index (χ1n) is 9.51. The highest BCUT2D eigenvalue weighted by atomic mass is 32.2. The Morgan fingerprint density at radius 2 is 1.70 bits per heavy atom. The Balaban J connectivity index is 1.71. The second-order valence-electron chi connectivity index (χ2n) is 7.05. The molecular formula is C23H19N5OS. The van der Waals surface area contributed by atoms with Gasteiger partial charge in [-0.2, -0.15) is 27.3 Å². The molecule has 0 bridgehead atoms. The van der Waals surface area contributed by atoms with Crippen LogP contribution in [-0.2, 0) is 12.2 Å². The van der Waals surface area contributed by atoms with Crippen LogP contribution in [0.1, 0.15) is 33.5 Å². The van der Waals surface area contributed by atoms with Gasteiger partial charge in [0.1, 0.15) is 5.75 Å². The standard InChI is InChI=1S/C23H19N5OS/c1-14-9-17(12-25)10-15(2)21(14)29-22-19-13-30-8-7-20(19)27-23(28-22)26-18-5-3-16(11-24)4-6-18/h3-6,9-10H,7-8,13H2,1-2H3,(H,26,27,28). The van der Waals surface area contributed by atoms with E-state index < -0.39 is 0 Å². The second-order valence-corrected chi connectivity index (χ2v) is 8.15. The van der Waals surface area contributed by atoms with Crippen LogP contribution in [0.5, 0.6) is 11.6 Å². The van der Waals surface area contributed by atoms with Crippen LogP contribution in [0.2, 0.25) is 0 Å². The lowest BCUT2D eigenvalue weighted by Gasteiger charge is -2.20. The van der Waals surface area contributed by atoms with Crippen molar-refractivity contribution >= 4 is 23.4 Å². The van der Waals surface area contributed by atoms with Gasteiger partial charge < -0.3 is 10.1 Å². The van der Waals surface area contributed by atoms with E-state index in [0.29, 0.717) is 23.0 Å². The highest BCUT2D eigenvalue weighted by Crippen LogP contribution is 2.36. The Morgan fingerprint density at radius 3 is 2.37 bits per heavy atom. The molecule has 30 heavy (non-hydrogen) atoms. The van der Waals surface area contributed by atoms with E-state index in [-0.39, 0.29) is 0 Å². The Morgan fingerprint density at radius 1 is 1.00 bits per heavy atom. The second kappa shape index (κ2) is 8.44. The Labute approximate surface area is 179 Å². The number of rotatable bonds is 4. The topological polar surface area (TPSA) is 94.6 Å². The number of nitrogens with zero attached hydrogens (tertiary/aromatic N) is 4. The molecule has 0 aliphatic carbocycles. The lowest BCUT2D eigenvalue weighted by atomic mass is 10.1. The SMILES string of the molecule is Cc1cc(C#N)cc(C)c1Oc1nc(Nc2ccc(C#N)cc2)nc2c1CSCC2. The molecule has 6 nitrogen and oxygen atoms in total. The van der Waals surface area contributed by atoms with E-state index >= 15 is 0 Å². The normalized spacial score (nSPS) is 12.4. The summed E-state index contributed by atoms with van der Waals surface area (Å²) in [5, 5.41) is 21.4. The Kier molecular flexibility index (Phi) is 5.56. The first-order chi connectivity index (χ1) is 14.6. The fourth-order valence-electron chi connectivity index (χ4n) is 3.37. The van der Waals surface area contributed by atoms with Crippen molar-refractivity contribution in [1.29, 1.82) is 10.5 Å². The van der Waals surface area contributed by atoms with E-state index in [1.165, 1.54) is 0 Å². The van der Waals surface area contributed by atoms with Crippen molar-refractivity contribution in [3.05, 3.63) is 69.9 Å². The molecule has 0 amide bonds. The van der Waals surface area contributed by atoms with Crippen molar-refractivity contribution in [2.24, 2.45) is 0 Å². The monoisotopic (exact) mass is 413 g/mol. The van der Waals surface area contributed by atoms with Gasteiger partial charge in [-0.1, -0.05) is 0 Å². The fourth-order valence-corrected chi connectivity index (χ4v) is 4.35. The summed E-state index contributed by atoms with van der Waals surface area (Å²) in [4.78, 5) is 9.36. The predicted octanol–water partition coefficient (Wildman–Crippen LogP) is 5.16. The molecule has 1 N–H and O–H groups in total. The molecule has 0 saturated carbocycles. The third-order valence-electron chi connectivity index (χ3n) is 4.84. The van der Waals surface area contributed by atoms with Gasteiger partial charge in [-0.05, 0) is 73.5 Å². The van der Waals surface area contributed by atoms with Gasteiger partial charge in [-0.3, -0.25) is 0 Å². The van der Waals surface area contributed by atoms with Gasteiger partial charge in [0.2, 0.25) is 11.8 Å². The number of thioether (sulfide) groups is 1. The zero-order valence-electron chi connectivity index (χ0n) is 16.7. The number of anilines is 2. The summed E-state index contributed by atoms with van der Waals surface area (Å²) in [5.41, 5.74) is 5.79. The van der Waals surface area contributed by atoms with Gasteiger partial charge >= 0.3 is 0 Å². The lowest BCUT2D eigenvalue weighted by molar-refractivity contribution is 0.449. The summed E-state index contributed by atoms with van der Waals surface area (Å²) in [6.07, 6.45) is 0.853. The van der Waals surface area contributed by atoms with Gasteiger partial charge in [0.15, 0.2) is 0 Å². The molecule has 1 aromatic heterocycles. The van der Waals surface area contributed by atoms with Crippen LogP contribution in [0, 0.1) is 36.5 Å². The first kappa shape index (κ1) is 19.8. The van der Waals surface area contributed by atoms with Gasteiger partial charge in [-0.15, -0.1) is 0 Å². The molecule has 0 fully saturated rings. The van der Waals surface area contributed by atoms with E-state index in [4.69, 9.17) is 15.0 Å². The molecule has 0 atom stereocenters. The van der Waals surface area contributed by atoms with Crippen molar-refractivity contribution in [2.45, 2.75) is 26.0 Å². The van der Waals surface area contributed by atoms with Gasteiger partial charge in [-0.25, -0.2) is 4.98 Å². The number of aromatic nitrogens is 2. The van der Waals surface area contributed by atoms with Gasteiger partial charge in [0.05, 0.1) is 29.0 Å². The van der Waals surface area contributed by atoms with Crippen molar-refractivity contribution in [1.82, 2.24) is 9.97 Å². The van der Waals surface area contributed by atoms with Crippen LogP contribution in [0.25, 0.3) is 0 Å². The number of nitrogens with one attached hydrogen (secondary N) is 1. The zero-order chi connectivity index (χ0) is 21.1. The average Bonchev–Trinajstić information content (AvgIpc) is 2.76. The summed E-state index contributed by atoms with van der Waals surface area (Å²) in [5.74, 6) is 3.53. The molecular weight excluding hydrogens is 394 g/mol. The number of nitriles is 2. The largest absolute Gasteiger partial charge is 0.438 e. The highest BCUT2D eigenvalue weighted by molar-refractivity contribution is 7.98. The summed E-state index contributed by atoms with van der Waals surface area (Å²) >= 11 is 1.84. The first-order valence-corrected chi connectivity index (χ1v) is 10.7. The molecule has 2 heterocycles. The van der Waals surface area contributed by atoms with Gasteiger partial charge in [0, 0.05) is 17.0 Å². The molecule has 7 heteroatoms. The maximum atomic E-state index is 9.19. The van der Waals surface area contributed by atoms with E-state index in [9.17, 15) is 5.26 Å². The van der Waals surface area contributed by atoms with Crippen molar-refractivity contribution in [3.8, 4) is 23.8 Å². The van der Waals surface area contributed by atoms with E-state index in [1.807, 2.05) is 49.9 Å². The third kappa shape index (κ3) is 4.07. The quantitative estimate of drug-likeness (QED) is 0.631. The van der Waals surface area contributed by atoms with Crippen LogP contribution in [-0.4, -0.2) is 15.7 Å². The number of aryl methyl sites for hydroxylation is 3. The smallest absolute Gasteiger partial charge is 0.230 e. The molecule has 0 saturated heterocycles. The van der Waals surface area contributed by atoms with E-state index in [2.05, 4.69) is 22.4 Å². The van der Waals surface area contributed by atoms with Crippen LogP contribution in [0.3, 0.4) is 0 Å². The van der Waals surface area contributed by atoms with Crippen molar-refractivity contribution in [3.63, 3.8) is 0 Å². The number of benzene rings is 2. The molecule has 0 unspecified atom stereocenters. The van der Waals surface area contributed by atoms with E-state index in [0.717, 1.165) is 51.7 Å². The molecule has 0 spiro atoms. The maximum absolute atomic E-state index is 9.19. The zero-order valence-corrected chi connectivity index (χ0v) is 17.5. The summed E-state index contributed by atoms with van der Waals surface area (Å²) in [6.45, 7) is 3.86. The van der Waals surface area contributed by atoms with Crippen molar-refractivity contribution in [2.75, 3.05) is 11.1 Å². The van der Waals surface area contributed by atoms with E-state index in [1.54, 1.807) is 12.1 Å². The Bertz CT molecular complexity index is 1170.